The molecule has 1 saturated carbocycles. The highest BCUT2D eigenvalue weighted by Crippen LogP contribution is 2.27. The summed E-state index contributed by atoms with van der Waals surface area (Å²) >= 11 is 11.9. The first-order valence-electron chi connectivity index (χ1n) is 7.74. The van der Waals surface area contributed by atoms with E-state index in [2.05, 4.69) is 10.3 Å². The fraction of sp³-hybridized carbons (Fsp3) is 0.562. The maximum Gasteiger partial charge on any atom is 0.306 e. The predicted octanol–water partition coefficient (Wildman–Crippen LogP) is 4.15. The summed E-state index contributed by atoms with van der Waals surface area (Å²) in [6, 6.07) is 1.51. The van der Waals surface area contributed by atoms with E-state index in [9.17, 15) is 9.59 Å². The number of nitrogens with zero attached hydrogens (tertiary/aromatic N) is 1. The first-order chi connectivity index (χ1) is 11.0. The number of nitrogens with one attached hydrogen (secondary N) is 1. The maximum atomic E-state index is 11.8. The van der Waals surface area contributed by atoms with Gasteiger partial charge < -0.3 is 10.1 Å². The Morgan fingerprint density at radius 1 is 1.26 bits per heavy atom. The monoisotopic (exact) mass is 358 g/mol. The van der Waals surface area contributed by atoms with Crippen LogP contribution in [0.4, 0.5) is 5.82 Å². The van der Waals surface area contributed by atoms with Crippen molar-refractivity contribution >= 4 is 40.9 Å². The summed E-state index contributed by atoms with van der Waals surface area (Å²) in [6.07, 6.45) is 6.07. The van der Waals surface area contributed by atoms with Crippen molar-refractivity contribution in [3.63, 3.8) is 0 Å². The molecular formula is C16H20Cl2N2O3. The lowest BCUT2D eigenvalue weighted by Gasteiger charge is -2.20. The Kier molecular flexibility index (Phi) is 6.66. The number of aromatic nitrogens is 1. The van der Waals surface area contributed by atoms with Gasteiger partial charge in [0.25, 0.3) is 5.91 Å². The number of hydrogen-bond acceptors (Lipinski definition) is 4. The number of carbonyl (C=O) groups is 2. The fourth-order valence-electron chi connectivity index (χ4n) is 2.65. The zero-order chi connectivity index (χ0) is 16.8. The van der Waals surface area contributed by atoms with Crippen molar-refractivity contribution < 1.29 is 14.3 Å². The maximum absolute atomic E-state index is 11.8. The second kappa shape index (κ2) is 8.50. The lowest BCUT2D eigenvalue weighted by Crippen LogP contribution is -2.23. The summed E-state index contributed by atoms with van der Waals surface area (Å²) in [7, 11) is 0. The van der Waals surface area contributed by atoms with Gasteiger partial charge in [-0.05, 0) is 31.7 Å². The number of pyridine rings is 1. The van der Waals surface area contributed by atoms with E-state index in [0.29, 0.717) is 23.1 Å². The Balaban J connectivity index is 1.78. The zero-order valence-electron chi connectivity index (χ0n) is 13.0. The van der Waals surface area contributed by atoms with Crippen LogP contribution in [-0.4, -0.2) is 23.5 Å². The van der Waals surface area contributed by atoms with E-state index < -0.39 is 5.91 Å². The highest BCUT2D eigenvalue weighted by Gasteiger charge is 2.19. The van der Waals surface area contributed by atoms with Gasteiger partial charge in [0.1, 0.15) is 0 Å². The van der Waals surface area contributed by atoms with Crippen molar-refractivity contribution in [3.8, 4) is 0 Å². The molecule has 1 aromatic heterocycles. The molecule has 1 N–H and O–H groups in total. The van der Waals surface area contributed by atoms with Crippen LogP contribution in [0.5, 0.6) is 0 Å². The summed E-state index contributed by atoms with van der Waals surface area (Å²) in [4.78, 5) is 27.7. The largest absolute Gasteiger partial charge is 0.456 e. The minimum atomic E-state index is -0.474. The third kappa shape index (κ3) is 5.66. The molecule has 0 aromatic carbocycles. The van der Waals surface area contributed by atoms with E-state index in [-0.39, 0.29) is 23.4 Å². The number of hydrogen-bond donors (Lipinski definition) is 1. The molecule has 1 aliphatic rings. The average molecular weight is 359 g/mol. The second-order valence-electron chi connectivity index (χ2n) is 5.80. The number of rotatable bonds is 5. The third-order valence-corrected chi connectivity index (χ3v) is 4.58. The number of ether oxygens (including phenoxy) is 1. The lowest BCUT2D eigenvalue weighted by molar-refractivity contribution is -0.148. The number of amides is 1. The molecule has 126 valence electrons. The first kappa shape index (κ1) is 18.0. The molecule has 1 heterocycles. The van der Waals surface area contributed by atoms with Gasteiger partial charge in [-0.1, -0.05) is 42.5 Å². The number of carbonyl (C=O) groups excluding carboxylic acids is 2. The van der Waals surface area contributed by atoms with Gasteiger partial charge in [0, 0.05) is 6.42 Å². The van der Waals surface area contributed by atoms with E-state index in [0.717, 1.165) is 12.8 Å². The van der Waals surface area contributed by atoms with Gasteiger partial charge in [0.15, 0.2) is 12.4 Å². The number of anilines is 1. The minimum absolute atomic E-state index is 0.210. The molecule has 5 nitrogen and oxygen atoms in total. The Morgan fingerprint density at radius 3 is 2.65 bits per heavy atom. The van der Waals surface area contributed by atoms with Crippen LogP contribution in [0.25, 0.3) is 0 Å². The molecule has 7 heteroatoms. The van der Waals surface area contributed by atoms with Gasteiger partial charge in [-0.25, -0.2) is 4.98 Å². The quantitative estimate of drug-likeness (QED) is 0.802. The molecule has 0 unspecified atom stereocenters. The molecular weight excluding hydrogens is 339 g/mol. The van der Waals surface area contributed by atoms with E-state index >= 15 is 0 Å². The van der Waals surface area contributed by atoms with E-state index in [1.807, 2.05) is 0 Å². The standard InChI is InChI=1S/C16H20Cl2N2O3/c1-10-12(17)8-13(18)16(19-10)20-14(21)9-23-15(22)7-11-5-3-2-4-6-11/h8,11H,2-7,9H2,1H3,(H,19,20,21). The summed E-state index contributed by atoms with van der Waals surface area (Å²) < 4.78 is 5.02. The van der Waals surface area contributed by atoms with Crippen molar-refractivity contribution in [2.75, 3.05) is 11.9 Å². The average Bonchev–Trinajstić information content (AvgIpc) is 2.51. The fourth-order valence-corrected chi connectivity index (χ4v) is 3.05. The molecule has 1 aliphatic carbocycles. The SMILES string of the molecule is Cc1nc(NC(=O)COC(=O)CC2CCCCC2)c(Cl)cc1Cl. The van der Waals surface area contributed by atoms with Crippen LogP contribution in [0.2, 0.25) is 10.0 Å². The van der Waals surface area contributed by atoms with Crippen molar-refractivity contribution in [3.05, 3.63) is 21.8 Å². The van der Waals surface area contributed by atoms with Crippen LogP contribution in [0, 0.1) is 12.8 Å². The Bertz CT molecular complexity index is 587. The first-order valence-corrected chi connectivity index (χ1v) is 8.49. The number of halogens is 2. The molecule has 0 saturated heterocycles. The molecule has 1 amide bonds. The predicted molar refractivity (Wildman–Crippen MR) is 89.8 cm³/mol. The molecule has 0 spiro atoms. The summed E-state index contributed by atoms with van der Waals surface area (Å²) in [6.45, 7) is 1.36. The molecule has 1 aromatic rings. The number of aryl methyl sites for hydroxylation is 1. The molecule has 0 bridgehead atoms. The minimum Gasteiger partial charge on any atom is -0.456 e. The van der Waals surface area contributed by atoms with E-state index in [1.54, 1.807) is 6.92 Å². The highest BCUT2D eigenvalue weighted by molar-refractivity contribution is 6.36. The Hall–Kier alpha value is -1.33. The van der Waals surface area contributed by atoms with Crippen molar-refractivity contribution in [2.24, 2.45) is 5.92 Å². The van der Waals surface area contributed by atoms with Gasteiger partial charge >= 0.3 is 5.97 Å². The number of esters is 1. The van der Waals surface area contributed by atoms with Crippen LogP contribution < -0.4 is 5.32 Å². The van der Waals surface area contributed by atoms with Gasteiger partial charge in [-0.15, -0.1) is 0 Å². The van der Waals surface area contributed by atoms with Gasteiger partial charge in [-0.2, -0.15) is 0 Å². The summed E-state index contributed by atoms with van der Waals surface area (Å²) in [5.41, 5.74) is 0.556. The van der Waals surface area contributed by atoms with Crippen LogP contribution >= 0.6 is 23.2 Å². The van der Waals surface area contributed by atoms with Gasteiger partial charge in [-0.3, -0.25) is 9.59 Å². The van der Waals surface area contributed by atoms with Crippen LogP contribution in [0.3, 0.4) is 0 Å². The summed E-state index contributed by atoms with van der Waals surface area (Å²) in [5, 5.41) is 3.18. The van der Waals surface area contributed by atoms with E-state index in [4.69, 9.17) is 27.9 Å². The Morgan fingerprint density at radius 2 is 1.96 bits per heavy atom. The van der Waals surface area contributed by atoms with Crippen molar-refractivity contribution in [1.29, 1.82) is 0 Å². The zero-order valence-corrected chi connectivity index (χ0v) is 14.5. The normalized spacial score (nSPS) is 15.3. The summed E-state index contributed by atoms with van der Waals surface area (Å²) in [5.74, 6) is -0.215. The molecule has 0 aliphatic heterocycles. The lowest BCUT2D eigenvalue weighted by atomic mass is 9.87. The van der Waals surface area contributed by atoms with E-state index in [1.165, 1.54) is 25.3 Å². The van der Waals surface area contributed by atoms with Gasteiger partial charge in [0.2, 0.25) is 0 Å². The third-order valence-electron chi connectivity index (χ3n) is 3.91. The second-order valence-corrected chi connectivity index (χ2v) is 6.62. The molecule has 1 fully saturated rings. The van der Waals surface area contributed by atoms with Crippen molar-refractivity contribution in [2.45, 2.75) is 45.4 Å². The molecule has 23 heavy (non-hydrogen) atoms. The molecule has 2 rings (SSSR count). The highest BCUT2D eigenvalue weighted by atomic mass is 35.5. The van der Waals surface area contributed by atoms with Crippen LogP contribution in [-0.2, 0) is 14.3 Å². The van der Waals surface area contributed by atoms with Crippen LogP contribution in [0.15, 0.2) is 6.07 Å². The molecule has 0 atom stereocenters. The topological polar surface area (TPSA) is 68.3 Å². The van der Waals surface area contributed by atoms with Gasteiger partial charge in [0.05, 0.1) is 15.7 Å². The van der Waals surface area contributed by atoms with Crippen molar-refractivity contribution in [1.82, 2.24) is 4.98 Å². The van der Waals surface area contributed by atoms with Crippen LogP contribution in [0.1, 0.15) is 44.2 Å². The molecule has 0 radical (unpaired) electrons. The smallest absolute Gasteiger partial charge is 0.306 e. The Labute approximate surface area is 145 Å².